The normalized spacial score (nSPS) is 10.8. The third-order valence-electron chi connectivity index (χ3n) is 2.72. The standard InChI is InChI=1S/C13H21N3O4/c1-10(2)16(5-6-17)9-12(18)15-13(19)14-8-11-4-3-7-20-11/h3-4,7,10,17H,5-6,8-9H2,1-2H3,(H2,14,15,18,19). The summed E-state index contributed by atoms with van der Waals surface area (Å²) in [5.41, 5.74) is 0. The Morgan fingerprint density at radius 2 is 2.20 bits per heavy atom. The molecule has 0 atom stereocenters. The highest BCUT2D eigenvalue weighted by atomic mass is 16.3. The lowest BCUT2D eigenvalue weighted by atomic mass is 10.3. The highest BCUT2D eigenvalue weighted by Gasteiger charge is 2.15. The Kier molecular flexibility index (Phi) is 6.75. The number of hydrogen-bond acceptors (Lipinski definition) is 5. The van der Waals surface area contributed by atoms with Gasteiger partial charge in [-0.15, -0.1) is 0 Å². The van der Waals surface area contributed by atoms with Gasteiger partial charge in [0.15, 0.2) is 0 Å². The van der Waals surface area contributed by atoms with Crippen molar-refractivity contribution < 1.29 is 19.1 Å². The third kappa shape index (κ3) is 5.85. The number of hydrogen-bond donors (Lipinski definition) is 3. The summed E-state index contributed by atoms with van der Waals surface area (Å²) in [5.74, 6) is 0.195. The minimum atomic E-state index is -0.570. The first-order valence-electron chi connectivity index (χ1n) is 6.48. The molecule has 0 radical (unpaired) electrons. The smallest absolute Gasteiger partial charge is 0.321 e. The van der Waals surface area contributed by atoms with Gasteiger partial charge >= 0.3 is 6.03 Å². The van der Waals surface area contributed by atoms with Crippen molar-refractivity contribution in [3.05, 3.63) is 24.2 Å². The van der Waals surface area contributed by atoms with Gasteiger partial charge in [-0.05, 0) is 26.0 Å². The molecule has 3 N–H and O–H groups in total. The molecule has 7 heteroatoms. The van der Waals surface area contributed by atoms with Crippen LogP contribution in [0.25, 0.3) is 0 Å². The van der Waals surface area contributed by atoms with E-state index in [4.69, 9.17) is 9.52 Å². The topological polar surface area (TPSA) is 94.8 Å². The number of aliphatic hydroxyl groups is 1. The van der Waals surface area contributed by atoms with Gasteiger partial charge in [0.1, 0.15) is 5.76 Å². The monoisotopic (exact) mass is 283 g/mol. The summed E-state index contributed by atoms with van der Waals surface area (Å²) in [6.45, 7) is 4.47. The van der Waals surface area contributed by atoms with E-state index in [2.05, 4.69) is 10.6 Å². The van der Waals surface area contributed by atoms with Crippen molar-refractivity contribution >= 4 is 11.9 Å². The molecule has 7 nitrogen and oxygen atoms in total. The quantitative estimate of drug-likeness (QED) is 0.669. The van der Waals surface area contributed by atoms with Crippen molar-refractivity contribution in [3.63, 3.8) is 0 Å². The van der Waals surface area contributed by atoms with E-state index in [1.54, 1.807) is 17.0 Å². The lowest BCUT2D eigenvalue weighted by molar-refractivity contribution is -0.121. The fourth-order valence-electron chi connectivity index (χ4n) is 1.62. The van der Waals surface area contributed by atoms with Gasteiger partial charge in [0.25, 0.3) is 0 Å². The highest BCUT2D eigenvalue weighted by Crippen LogP contribution is 1.98. The predicted octanol–water partition coefficient (Wildman–Crippen LogP) is 0.308. The molecule has 20 heavy (non-hydrogen) atoms. The summed E-state index contributed by atoms with van der Waals surface area (Å²) in [5, 5.41) is 13.7. The number of nitrogens with one attached hydrogen (secondary N) is 2. The van der Waals surface area contributed by atoms with Gasteiger partial charge in [-0.2, -0.15) is 0 Å². The molecular formula is C13H21N3O4. The zero-order valence-electron chi connectivity index (χ0n) is 11.8. The molecule has 0 aliphatic rings. The Balaban J connectivity index is 2.31. The van der Waals surface area contributed by atoms with Gasteiger partial charge in [0, 0.05) is 12.6 Å². The number of imide groups is 1. The first-order valence-corrected chi connectivity index (χ1v) is 6.48. The van der Waals surface area contributed by atoms with Crippen LogP contribution >= 0.6 is 0 Å². The second kappa shape index (κ2) is 8.34. The van der Waals surface area contributed by atoms with Crippen molar-refractivity contribution in [3.8, 4) is 0 Å². The van der Waals surface area contributed by atoms with Gasteiger partial charge in [-0.25, -0.2) is 4.79 Å². The molecule has 0 saturated carbocycles. The van der Waals surface area contributed by atoms with Crippen LogP contribution in [0, 0.1) is 0 Å². The molecule has 3 amide bonds. The number of aliphatic hydroxyl groups excluding tert-OH is 1. The summed E-state index contributed by atoms with van der Waals surface area (Å²) in [4.78, 5) is 25.0. The van der Waals surface area contributed by atoms with E-state index in [9.17, 15) is 9.59 Å². The van der Waals surface area contributed by atoms with E-state index < -0.39 is 11.9 Å². The second-order valence-corrected chi connectivity index (χ2v) is 4.60. The number of carbonyl (C=O) groups is 2. The van der Waals surface area contributed by atoms with Crippen LogP contribution in [0.1, 0.15) is 19.6 Å². The number of carbonyl (C=O) groups excluding carboxylic acids is 2. The molecule has 0 unspecified atom stereocenters. The largest absolute Gasteiger partial charge is 0.467 e. The van der Waals surface area contributed by atoms with E-state index >= 15 is 0 Å². The highest BCUT2D eigenvalue weighted by molar-refractivity contribution is 5.95. The Morgan fingerprint density at radius 3 is 2.75 bits per heavy atom. The number of furan rings is 1. The summed E-state index contributed by atoms with van der Waals surface area (Å²) in [6.07, 6.45) is 1.51. The zero-order chi connectivity index (χ0) is 15.0. The Hall–Kier alpha value is -1.86. The number of urea groups is 1. The summed E-state index contributed by atoms with van der Waals surface area (Å²) < 4.78 is 5.05. The summed E-state index contributed by atoms with van der Waals surface area (Å²) >= 11 is 0. The van der Waals surface area contributed by atoms with Crippen molar-refractivity contribution in [2.24, 2.45) is 0 Å². The average molecular weight is 283 g/mol. The molecule has 0 saturated heterocycles. The van der Waals surface area contributed by atoms with Gasteiger partial charge in [-0.1, -0.05) is 0 Å². The first kappa shape index (κ1) is 16.2. The van der Waals surface area contributed by atoms with Crippen molar-refractivity contribution in [2.75, 3.05) is 19.7 Å². The van der Waals surface area contributed by atoms with Crippen molar-refractivity contribution in [1.29, 1.82) is 0 Å². The lowest BCUT2D eigenvalue weighted by Gasteiger charge is -2.24. The van der Waals surface area contributed by atoms with Gasteiger partial charge < -0.3 is 14.8 Å². The molecule has 1 aromatic rings. The fourth-order valence-corrected chi connectivity index (χ4v) is 1.62. The van der Waals surface area contributed by atoms with Crippen LogP contribution in [0.15, 0.2) is 22.8 Å². The lowest BCUT2D eigenvalue weighted by Crippen LogP contribution is -2.46. The molecule has 1 heterocycles. The Morgan fingerprint density at radius 1 is 1.45 bits per heavy atom. The Labute approximate surface area is 117 Å². The average Bonchev–Trinajstić information content (AvgIpc) is 2.88. The molecule has 1 rings (SSSR count). The molecule has 1 aromatic heterocycles. The van der Waals surface area contributed by atoms with Crippen LogP contribution in [0.3, 0.4) is 0 Å². The number of rotatable bonds is 7. The van der Waals surface area contributed by atoms with Crippen molar-refractivity contribution in [2.45, 2.75) is 26.4 Å². The van der Waals surface area contributed by atoms with Crippen LogP contribution in [0.4, 0.5) is 4.79 Å². The molecule has 0 aliphatic heterocycles. The van der Waals surface area contributed by atoms with E-state index in [0.717, 1.165) is 0 Å². The van der Waals surface area contributed by atoms with Crippen LogP contribution in [-0.2, 0) is 11.3 Å². The third-order valence-corrected chi connectivity index (χ3v) is 2.72. The number of nitrogens with zero attached hydrogens (tertiary/aromatic N) is 1. The predicted molar refractivity (Wildman–Crippen MR) is 72.9 cm³/mol. The van der Waals surface area contributed by atoms with Gasteiger partial charge in [0.05, 0.1) is 26.0 Å². The maximum atomic E-state index is 11.7. The van der Waals surface area contributed by atoms with Gasteiger partial charge in [-0.3, -0.25) is 15.0 Å². The van der Waals surface area contributed by atoms with E-state index in [0.29, 0.717) is 12.3 Å². The molecule has 0 fully saturated rings. The first-order chi connectivity index (χ1) is 9.52. The second-order valence-electron chi connectivity index (χ2n) is 4.60. The zero-order valence-corrected chi connectivity index (χ0v) is 11.8. The molecule has 0 spiro atoms. The van der Waals surface area contributed by atoms with Gasteiger partial charge in [0.2, 0.25) is 5.91 Å². The van der Waals surface area contributed by atoms with Crippen LogP contribution in [0.5, 0.6) is 0 Å². The molecular weight excluding hydrogens is 262 g/mol. The molecule has 0 aromatic carbocycles. The Bertz CT molecular complexity index is 417. The van der Waals surface area contributed by atoms with E-state index in [1.807, 2.05) is 13.8 Å². The minimum Gasteiger partial charge on any atom is -0.467 e. The number of amides is 3. The minimum absolute atomic E-state index is 0.0316. The maximum Gasteiger partial charge on any atom is 0.321 e. The fraction of sp³-hybridized carbons (Fsp3) is 0.538. The van der Waals surface area contributed by atoms with Crippen LogP contribution in [0.2, 0.25) is 0 Å². The van der Waals surface area contributed by atoms with Crippen molar-refractivity contribution in [1.82, 2.24) is 15.5 Å². The van der Waals surface area contributed by atoms with Crippen LogP contribution in [-0.4, -0.2) is 47.7 Å². The van der Waals surface area contributed by atoms with Crippen LogP contribution < -0.4 is 10.6 Å². The summed E-state index contributed by atoms with van der Waals surface area (Å²) in [6, 6.07) is 2.98. The van der Waals surface area contributed by atoms with E-state index in [-0.39, 0.29) is 25.7 Å². The molecule has 0 bridgehead atoms. The maximum absolute atomic E-state index is 11.7. The molecule has 0 aliphatic carbocycles. The molecule has 112 valence electrons. The van der Waals surface area contributed by atoms with E-state index in [1.165, 1.54) is 6.26 Å². The summed E-state index contributed by atoms with van der Waals surface area (Å²) in [7, 11) is 0. The SMILES string of the molecule is CC(C)N(CCO)CC(=O)NC(=O)NCc1ccco1.